The number of amides is 2. The van der Waals surface area contributed by atoms with Crippen molar-refractivity contribution in [1.82, 2.24) is 14.8 Å². The van der Waals surface area contributed by atoms with Crippen molar-refractivity contribution < 1.29 is 9.59 Å². The Balaban J connectivity index is 1.61. The van der Waals surface area contributed by atoms with E-state index in [9.17, 15) is 9.59 Å². The number of thioether (sulfide) groups is 1. The monoisotopic (exact) mass is 451 g/mol. The number of nitrogens with one attached hydrogen (secondary N) is 2. The number of anilines is 2. The Morgan fingerprint density at radius 3 is 2.41 bits per heavy atom. The zero-order chi connectivity index (χ0) is 23.3. The number of nitrogens with zero attached hydrogens (tertiary/aromatic N) is 3. The molecule has 2 N–H and O–H groups in total. The molecule has 3 rings (SSSR count). The van der Waals surface area contributed by atoms with E-state index < -0.39 is 0 Å². The highest BCUT2D eigenvalue weighted by Crippen LogP contribution is 2.21. The summed E-state index contributed by atoms with van der Waals surface area (Å²) < 4.78 is 1.87. The molecule has 0 fully saturated rings. The molecule has 7 nitrogen and oxygen atoms in total. The number of aryl methyl sites for hydroxylation is 3. The predicted octanol–water partition coefficient (Wildman–Crippen LogP) is 4.44. The fourth-order valence-electron chi connectivity index (χ4n) is 3.37. The highest BCUT2D eigenvalue weighted by atomic mass is 32.2. The van der Waals surface area contributed by atoms with Crippen LogP contribution in [-0.2, 0) is 22.6 Å². The molecule has 2 amide bonds. The van der Waals surface area contributed by atoms with Crippen LogP contribution in [0.5, 0.6) is 0 Å². The first kappa shape index (κ1) is 23.5. The van der Waals surface area contributed by atoms with E-state index in [0.29, 0.717) is 17.5 Å². The van der Waals surface area contributed by atoms with Gasteiger partial charge in [0.05, 0.1) is 12.2 Å². The molecule has 0 unspecified atom stereocenters. The third-order valence-corrected chi connectivity index (χ3v) is 6.26. The van der Waals surface area contributed by atoms with Crippen LogP contribution in [0.2, 0.25) is 0 Å². The summed E-state index contributed by atoms with van der Waals surface area (Å²) in [6.07, 6.45) is 0.115. The van der Waals surface area contributed by atoms with Gasteiger partial charge in [0.25, 0.3) is 0 Å². The fraction of sp³-hybridized carbons (Fsp3) is 0.333. The van der Waals surface area contributed by atoms with E-state index in [1.807, 2.05) is 75.6 Å². The summed E-state index contributed by atoms with van der Waals surface area (Å²) >= 11 is 1.31. The Kier molecular flexibility index (Phi) is 7.69. The minimum atomic E-state index is -0.148. The van der Waals surface area contributed by atoms with E-state index in [1.165, 1.54) is 11.8 Å². The Morgan fingerprint density at radius 1 is 0.938 bits per heavy atom. The minimum Gasteiger partial charge on any atom is -0.325 e. The lowest BCUT2D eigenvalue weighted by molar-refractivity contribution is -0.116. The van der Waals surface area contributed by atoms with Gasteiger partial charge < -0.3 is 15.2 Å². The second-order valence-electron chi connectivity index (χ2n) is 7.77. The SMILES string of the molecule is CCn1c(CC(=O)Nc2cccc(C)c2C)nnc1SCC(=O)Nc1ccc(C)cc1C. The number of aromatic nitrogens is 3. The van der Waals surface area contributed by atoms with E-state index in [0.717, 1.165) is 33.6 Å². The van der Waals surface area contributed by atoms with Gasteiger partial charge in [-0.1, -0.05) is 41.6 Å². The number of rotatable bonds is 8. The first-order chi connectivity index (χ1) is 15.3. The molecule has 0 atom stereocenters. The molecule has 3 aromatic rings. The van der Waals surface area contributed by atoms with Gasteiger partial charge in [-0.25, -0.2) is 0 Å². The molecule has 168 valence electrons. The first-order valence-corrected chi connectivity index (χ1v) is 11.5. The molecule has 0 bridgehead atoms. The summed E-state index contributed by atoms with van der Waals surface area (Å²) in [5.41, 5.74) is 5.95. The second kappa shape index (κ2) is 10.5. The zero-order valence-electron chi connectivity index (χ0n) is 19.2. The van der Waals surface area contributed by atoms with Crippen LogP contribution in [0.15, 0.2) is 41.6 Å². The molecule has 0 radical (unpaired) electrons. The number of carbonyl (C=O) groups excluding carboxylic acids is 2. The third-order valence-electron chi connectivity index (χ3n) is 5.30. The van der Waals surface area contributed by atoms with Crippen molar-refractivity contribution in [2.24, 2.45) is 0 Å². The Bertz CT molecular complexity index is 1140. The first-order valence-electron chi connectivity index (χ1n) is 10.6. The van der Waals surface area contributed by atoms with Gasteiger partial charge in [-0.05, 0) is 63.4 Å². The Morgan fingerprint density at radius 2 is 1.69 bits per heavy atom. The van der Waals surface area contributed by atoms with Gasteiger partial charge in [0.2, 0.25) is 11.8 Å². The van der Waals surface area contributed by atoms with Crippen LogP contribution in [0.4, 0.5) is 11.4 Å². The highest BCUT2D eigenvalue weighted by Gasteiger charge is 2.17. The van der Waals surface area contributed by atoms with Crippen LogP contribution in [0, 0.1) is 27.7 Å². The van der Waals surface area contributed by atoms with Gasteiger partial charge in [-0.2, -0.15) is 0 Å². The maximum atomic E-state index is 12.6. The van der Waals surface area contributed by atoms with Crippen molar-refractivity contribution in [2.45, 2.75) is 52.7 Å². The van der Waals surface area contributed by atoms with Gasteiger partial charge in [-0.15, -0.1) is 10.2 Å². The summed E-state index contributed by atoms with van der Waals surface area (Å²) in [5, 5.41) is 14.9. The van der Waals surface area contributed by atoms with Crippen LogP contribution >= 0.6 is 11.8 Å². The normalized spacial score (nSPS) is 10.8. The molecule has 1 heterocycles. The molecule has 1 aromatic heterocycles. The van der Waals surface area contributed by atoms with Crippen molar-refractivity contribution in [1.29, 1.82) is 0 Å². The van der Waals surface area contributed by atoms with Crippen molar-refractivity contribution >= 4 is 35.0 Å². The number of carbonyl (C=O) groups is 2. The van der Waals surface area contributed by atoms with E-state index in [2.05, 4.69) is 20.8 Å². The predicted molar refractivity (Wildman–Crippen MR) is 129 cm³/mol. The van der Waals surface area contributed by atoms with E-state index >= 15 is 0 Å². The quantitative estimate of drug-likeness (QED) is 0.494. The van der Waals surface area contributed by atoms with Crippen LogP contribution in [0.25, 0.3) is 0 Å². The lowest BCUT2D eigenvalue weighted by atomic mass is 10.1. The second-order valence-corrected chi connectivity index (χ2v) is 8.71. The van der Waals surface area contributed by atoms with Gasteiger partial charge in [0, 0.05) is 17.9 Å². The number of hydrogen-bond donors (Lipinski definition) is 2. The Labute approximate surface area is 193 Å². The maximum Gasteiger partial charge on any atom is 0.234 e. The van der Waals surface area contributed by atoms with Gasteiger partial charge in [-0.3, -0.25) is 9.59 Å². The molecule has 8 heteroatoms. The summed E-state index contributed by atoms with van der Waals surface area (Å²) in [6, 6.07) is 11.7. The zero-order valence-corrected chi connectivity index (χ0v) is 20.0. The van der Waals surface area contributed by atoms with Crippen molar-refractivity contribution in [2.75, 3.05) is 16.4 Å². The van der Waals surface area contributed by atoms with Crippen molar-refractivity contribution in [3.63, 3.8) is 0 Å². The molecular weight excluding hydrogens is 422 g/mol. The van der Waals surface area contributed by atoms with Gasteiger partial charge in [0.15, 0.2) is 5.16 Å². The minimum absolute atomic E-state index is 0.109. The molecule has 0 saturated carbocycles. The largest absolute Gasteiger partial charge is 0.325 e. The van der Waals surface area contributed by atoms with E-state index in [1.54, 1.807) is 0 Å². The highest BCUT2D eigenvalue weighted by molar-refractivity contribution is 7.99. The van der Waals surface area contributed by atoms with Crippen molar-refractivity contribution in [3.05, 3.63) is 64.5 Å². The summed E-state index contributed by atoms with van der Waals surface area (Å²) in [5.74, 6) is 0.527. The standard InChI is InChI=1S/C24H29N5O2S/c1-6-29-21(13-22(30)26-20-9-7-8-16(3)18(20)5)27-28-24(29)32-14-23(31)25-19-11-10-15(2)12-17(19)4/h7-12H,6,13-14H2,1-5H3,(H,25,31)(H,26,30). The smallest absolute Gasteiger partial charge is 0.234 e. The molecule has 2 aromatic carbocycles. The van der Waals surface area contributed by atoms with Crippen molar-refractivity contribution in [3.8, 4) is 0 Å². The number of benzene rings is 2. The molecule has 0 aliphatic heterocycles. The fourth-order valence-corrected chi connectivity index (χ4v) is 4.19. The van der Waals surface area contributed by atoms with Gasteiger partial charge in [0.1, 0.15) is 5.82 Å². The Hall–Kier alpha value is -3.13. The van der Waals surface area contributed by atoms with Gasteiger partial charge >= 0.3 is 0 Å². The molecule has 0 spiro atoms. The summed E-state index contributed by atoms with van der Waals surface area (Å²) in [7, 11) is 0. The molecule has 0 saturated heterocycles. The molecule has 0 aliphatic carbocycles. The maximum absolute atomic E-state index is 12.6. The molecular formula is C24H29N5O2S. The van der Waals surface area contributed by atoms with E-state index in [4.69, 9.17) is 0 Å². The average molecular weight is 452 g/mol. The molecule has 32 heavy (non-hydrogen) atoms. The number of hydrogen-bond acceptors (Lipinski definition) is 5. The molecule has 0 aliphatic rings. The summed E-state index contributed by atoms with van der Waals surface area (Å²) in [6.45, 7) is 10.6. The average Bonchev–Trinajstić information content (AvgIpc) is 3.13. The lowest BCUT2D eigenvalue weighted by Crippen LogP contribution is -2.18. The van der Waals surface area contributed by atoms with Crippen LogP contribution in [-0.4, -0.2) is 32.3 Å². The van der Waals surface area contributed by atoms with Crippen LogP contribution in [0.3, 0.4) is 0 Å². The van der Waals surface area contributed by atoms with Crippen LogP contribution < -0.4 is 10.6 Å². The lowest BCUT2D eigenvalue weighted by Gasteiger charge is -2.11. The summed E-state index contributed by atoms with van der Waals surface area (Å²) in [4.78, 5) is 25.0. The third kappa shape index (κ3) is 5.76. The van der Waals surface area contributed by atoms with Crippen LogP contribution in [0.1, 0.15) is 35.0 Å². The van der Waals surface area contributed by atoms with E-state index in [-0.39, 0.29) is 24.0 Å². The topological polar surface area (TPSA) is 88.9 Å².